The summed E-state index contributed by atoms with van der Waals surface area (Å²) in [6.07, 6.45) is 5.97. The van der Waals surface area contributed by atoms with Crippen molar-refractivity contribution in [3.8, 4) is 0 Å². The summed E-state index contributed by atoms with van der Waals surface area (Å²) in [7, 11) is 0. The van der Waals surface area contributed by atoms with E-state index in [1.54, 1.807) is 0 Å². The average Bonchev–Trinajstić information content (AvgIpc) is 2.88. The summed E-state index contributed by atoms with van der Waals surface area (Å²) in [5.41, 5.74) is 0.914. The van der Waals surface area contributed by atoms with Crippen molar-refractivity contribution in [3.05, 3.63) is 35.9 Å². The third-order valence-corrected chi connectivity index (χ3v) is 4.94. The number of benzene rings is 1. The Morgan fingerprint density at radius 2 is 1.71 bits per heavy atom. The fraction of sp³-hybridized carbons (Fsp3) is 0.667. The number of likely N-dealkylation sites (tertiary alicyclic amines) is 2. The second-order valence-corrected chi connectivity index (χ2v) is 6.82. The van der Waals surface area contributed by atoms with Gasteiger partial charge in [-0.3, -0.25) is 4.90 Å². The lowest BCUT2D eigenvalue weighted by atomic mass is 10.0. The minimum Gasteiger partial charge on any atom is -0.387 e. The molecule has 0 amide bonds. The summed E-state index contributed by atoms with van der Waals surface area (Å²) < 4.78 is 0. The molecule has 2 fully saturated rings. The Morgan fingerprint density at radius 1 is 0.952 bits per heavy atom. The second-order valence-electron chi connectivity index (χ2n) is 6.82. The van der Waals surface area contributed by atoms with Gasteiger partial charge in [0.15, 0.2) is 0 Å². The Labute approximate surface area is 128 Å². The highest BCUT2D eigenvalue weighted by Gasteiger charge is 2.37. The van der Waals surface area contributed by atoms with Gasteiger partial charge < -0.3 is 10.0 Å². The average molecular weight is 288 g/mol. The summed E-state index contributed by atoms with van der Waals surface area (Å²) in [6.45, 7) is 6.16. The van der Waals surface area contributed by atoms with Crippen molar-refractivity contribution < 1.29 is 5.11 Å². The first-order valence-electron chi connectivity index (χ1n) is 8.45. The number of aliphatic hydroxyl groups is 1. The molecule has 2 aliphatic heterocycles. The van der Waals surface area contributed by atoms with Crippen LogP contribution in [0, 0.1) is 0 Å². The molecule has 2 aliphatic rings. The predicted octanol–water partition coefficient (Wildman–Crippen LogP) is 2.15. The van der Waals surface area contributed by atoms with Crippen LogP contribution in [-0.2, 0) is 6.42 Å². The molecule has 3 nitrogen and oxygen atoms in total. The third kappa shape index (κ3) is 4.29. The number of piperidine rings is 1. The number of nitrogens with zero attached hydrogens (tertiary/aromatic N) is 2. The van der Waals surface area contributed by atoms with Gasteiger partial charge in [-0.1, -0.05) is 36.8 Å². The molecule has 2 saturated heterocycles. The lowest BCUT2D eigenvalue weighted by Crippen LogP contribution is -2.46. The maximum atomic E-state index is 10.8. The molecule has 1 N–H and O–H groups in total. The van der Waals surface area contributed by atoms with Crippen LogP contribution in [0.3, 0.4) is 0 Å². The minimum absolute atomic E-state index is 0.478. The van der Waals surface area contributed by atoms with Crippen LogP contribution in [0.2, 0.25) is 0 Å². The van der Waals surface area contributed by atoms with Gasteiger partial charge in [-0.2, -0.15) is 0 Å². The van der Waals surface area contributed by atoms with Gasteiger partial charge in [0.25, 0.3) is 0 Å². The predicted molar refractivity (Wildman–Crippen MR) is 86.4 cm³/mol. The minimum atomic E-state index is -0.478. The molecule has 2 heterocycles. The van der Waals surface area contributed by atoms with E-state index >= 15 is 0 Å². The third-order valence-electron chi connectivity index (χ3n) is 4.94. The first-order valence-corrected chi connectivity index (χ1v) is 8.45. The largest absolute Gasteiger partial charge is 0.387 e. The van der Waals surface area contributed by atoms with Gasteiger partial charge in [0.05, 0.1) is 5.60 Å². The molecule has 0 bridgehead atoms. The zero-order valence-electron chi connectivity index (χ0n) is 13.0. The molecule has 1 aromatic carbocycles. The highest BCUT2D eigenvalue weighted by molar-refractivity contribution is 5.15. The Balaban J connectivity index is 1.45. The Hall–Kier alpha value is -0.900. The standard InChI is InChI=1S/C18H28N2O/c21-18(15-19-11-5-2-6-12-19)10-14-20(16-18)13-9-17-7-3-1-4-8-17/h1,3-4,7-8,21H,2,5-6,9-16H2. The second kappa shape index (κ2) is 6.91. The van der Waals surface area contributed by atoms with Crippen molar-refractivity contribution in [1.29, 1.82) is 0 Å². The van der Waals surface area contributed by atoms with Crippen LogP contribution in [-0.4, -0.2) is 59.8 Å². The molecule has 1 aromatic rings. The quantitative estimate of drug-likeness (QED) is 0.899. The van der Waals surface area contributed by atoms with Crippen LogP contribution >= 0.6 is 0 Å². The fourth-order valence-corrected chi connectivity index (χ4v) is 3.73. The van der Waals surface area contributed by atoms with E-state index in [1.165, 1.54) is 37.9 Å². The van der Waals surface area contributed by atoms with E-state index in [-0.39, 0.29) is 0 Å². The zero-order chi connectivity index (χ0) is 14.5. The maximum Gasteiger partial charge on any atom is 0.0912 e. The van der Waals surface area contributed by atoms with E-state index in [2.05, 4.69) is 40.1 Å². The molecule has 0 aliphatic carbocycles. The molecule has 21 heavy (non-hydrogen) atoms. The molecule has 0 spiro atoms. The van der Waals surface area contributed by atoms with E-state index in [9.17, 15) is 5.11 Å². The summed E-state index contributed by atoms with van der Waals surface area (Å²) in [6, 6.07) is 10.7. The molecule has 116 valence electrons. The fourth-order valence-electron chi connectivity index (χ4n) is 3.73. The van der Waals surface area contributed by atoms with Crippen molar-refractivity contribution in [2.24, 2.45) is 0 Å². The summed E-state index contributed by atoms with van der Waals surface area (Å²) in [5, 5.41) is 10.8. The van der Waals surface area contributed by atoms with Crippen LogP contribution in [0.5, 0.6) is 0 Å². The van der Waals surface area contributed by atoms with E-state index in [0.717, 1.165) is 39.0 Å². The van der Waals surface area contributed by atoms with Crippen LogP contribution in [0.4, 0.5) is 0 Å². The van der Waals surface area contributed by atoms with Crippen LogP contribution in [0.25, 0.3) is 0 Å². The SMILES string of the molecule is OC1(CN2CCCCC2)CCN(CCc2ccccc2)C1. The molecule has 0 saturated carbocycles. The monoisotopic (exact) mass is 288 g/mol. The van der Waals surface area contributed by atoms with Gasteiger partial charge in [-0.25, -0.2) is 0 Å². The van der Waals surface area contributed by atoms with Gasteiger partial charge >= 0.3 is 0 Å². The molecular formula is C18H28N2O. The number of hydrogen-bond acceptors (Lipinski definition) is 3. The maximum absolute atomic E-state index is 10.8. The number of β-amino-alcohol motifs (C(OH)–C–C–N with tert-alkyl or cyclic N) is 1. The summed E-state index contributed by atoms with van der Waals surface area (Å²) >= 11 is 0. The topological polar surface area (TPSA) is 26.7 Å². The smallest absolute Gasteiger partial charge is 0.0912 e. The molecular weight excluding hydrogens is 260 g/mol. The Morgan fingerprint density at radius 3 is 2.48 bits per heavy atom. The first kappa shape index (κ1) is 15.0. The van der Waals surface area contributed by atoms with Crippen molar-refractivity contribution in [3.63, 3.8) is 0 Å². The normalized spacial score (nSPS) is 28.0. The highest BCUT2D eigenvalue weighted by atomic mass is 16.3. The van der Waals surface area contributed by atoms with E-state index < -0.39 is 5.60 Å². The van der Waals surface area contributed by atoms with Crippen LogP contribution < -0.4 is 0 Å². The van der Waals surface area contributed by atoms with Crippen molar-refractivity contribution >= 4 is 0 Å². The van der Waals surface area contributed by atoms with E-state index in [4.69, 9.17) is 0 Å². The highest BCUT2D eigenvalue weighted by Crippen LogP contribution is 2.24. The van der Waals surface area contributed by atoms with Crippen molar-refractivity contribution in [2.75, 3.05) is 39.3 Å². The Kier molecular flexibility index (Phi) is 4.94. The lowest BCUT2D eigenvalue weighted by Gasteiger charge is -2.33. The van der Waals surface area contributed by atoms with Gasteiger partial charge in [0.1, 0.15) is 0 Å². The lowest BCUT2D eigenvalue weighted by molar-refractivity contribution is 0.00699. The zero-order valence-corrected chi connectivity index (χ0v) is 13.0. The van der Waals surface area contributed by atoms with Gasteiger partial charge in [-0.15, -0.1) is 0 Å². The van der Waals surface area contributed by atoms with Gasteiger partial charge in [0.2, 0.25) is 0 Å². The van der Waals surface area contributed by atoms with Crippen LogP contribution in [0.1, 0.15) is 31.2 Å². The Bertz CT molecular complexity index is 430. The molecule has 3 heteroatoms. The van der Waals surface area contributed by atoms with Gasteiger partial charge in [0, 0.05) is 26.2 Å². The summed E-state index contributed by atoms with van der Waals surface area (Å²) in [4.78, 5) is 4.89. The molecule has 1 atom stereocenters. The van der Waals surface area contributed by atoms with E-state index in [1.807, 2.05) is 0 Å². The molecule has 0 aromatic heterocycles. The number of hydrogen-bond donors (Lipinski definition) is 1. The number of rotatable bonds is 5. The molecule has 0 radical (unpaired) electrons. The van der Waals surface area contributed by atoms with E-state index in [0.29, 0.717) is 0 Å². The molecule has 3 rings (SSSR count). The van der Waals surface area contributed by atoms with Crippen molar-refractivity contribution in [1.82, 2.24) is 9.80 Å². The van der Waals surface area contributed by atoms with Crippen molar-refractivity contribution in [2.45, 2.75) is 37.7 Å². The van der Waals surface area contributed by atoms with Gasteiger partial charge in [-0.05, 0) is 44.3 Å². The molecule has 1 unspecified atom stereocenters. The van der Waals surface area contributed by atoms with Crippen LogP contribution in [0.15, 0.2) is 30.3 Å². The first-order chi connectivity index (χ1) is 10.2. The summed E-state index contributed by atoms with van der Waals surface area (Å²) in [5.74, 6) is 0.